The zero-order valence-corrected chi connectivity index (χ0v) is 13.8. The maximum atomic E-state index is 13.3. The summed E-state index contributed by atoms with van der Waals surface area (Å²) in [5.41, 5.74) is 1.89. The van der Waals surface area contributed by atoms with Crippen LogP contribution in [0.25, 0.3) is 11.3 Å². The number of hydrogen-bond acceptors (Lipinski definition) is 3. The van der Waals surface area contributed by atoms with Gasteiger partial charge in [-0.25, -0.2) is 4.39 Å². The zero-order chi connectivity index (χ0) is 16.9. The molecule has 3 rings (SSSR count). The average Bonchev–Trinajstić information content (AvgIpc) is 2.62. The Morgan fingerprint density at radius 2 is 1.88 bits per heavy atom. The lowest BCUT2D eigenvalue weighted by atomic mass is 9.91. The molecule has 0 unspecified atom stereocenters. The van der Waals surface area contributed by atoms with Crippen LogP contribution in [0.4, 0.5) is 4.39 Å². The van der Waals surface area contributed by atoms with E-state index in [1.165, 1.54) is 12.1 Å². The third-order valence-electron chi connectivity index (χ3n) is 4.62. The van der Waals surface area contributed by atoms with Crippen LogP contribution < -0.4 is 10.6 Å². The predicted molar refractivity (Wildman–Crippen MR) is 92.2 cm³/mol. The number of nitrogens with zero attached hydrogens (tertiary/aromatic N) is 1. The van der Waals surface area contributed by atoms with Crippen LogP contribution in [0.5, 0.6) is 0 Å². The topological polar surface area (TPSA) is 54.0 Å². The fourth-order valence-electron chi connectivity index (χ4n) is 3.14. The predicted octanol–water partition coefficient (Wildman–Crippen LogP) is 3.15. The first-order chi connectivity index (χ1) is 11.7. The molecule has 126 valence electrons. The number of carbonyl (C=O) groups excluding carboxylic acids is 1. The van der Waals surface area contributed by atoms with Gasteiger partial charge >= 0.3 is 0 Å². The molecule has 1 aliphatic rings. The number of amides is 1. The summed E-state index contributed by atoms with van der Waals surface area (Å²) in [5, 5.41) is 6.37. The van der Waals surface area contributed by atoms with Crippen molar-refractivity contribution < 1.29 is 9.18 Å². The summed E-state index contributed by atoms with van der Waals surface area (Å²) in [7, 11) is 1.98. The first-order valence-electron chi connectivity index (χ1n) is 8.36. The Balaban J connectivity index is 1.62. The molecule has 0 aliphatic heterocycles. The summed E-state index contributed by atoms with van der Waals surface area (Å²) >= 11 is 0. The number of rotatable bonds is 4. The molecule has 0 radical (unpaired) electrons. The van der Waals surface area contributed by atoms with Crippen molar-refractivity contribution in [2.45, 2.75) is 37.8 Å². The highest BCUT2D eigenvalue weighted by Gasteiger charge is 2.21. The number of nitrogens with one attached hydrogen (secondary N) is 2. The Morgan fingerprint density at radius 3 is 2.50 bits per heavy atom. The lowest BCUT2D eigenvalue weighted by molar-refractivity contribution is 0.0924. The van der Waals surface area contributed by atoms with E-state index < -0.39 is 0 Å². The van der Waals surface area contributed by atoms with Crippen molar-refractivity contribution in [2.24, 2.45) is 0 Å². The highest BCUT2D eigenvalue weighted by molar-refractivity contribution is 5.94. The van der Waals surface area contributed by atoms with Gasteiger partial charge in [-0.1, -0.05) is 12.1 Å². The molecule has 4 nitrogen and oxygen atoms in total. The van der Waals surface area contributed by atoms with Gasteiger partial charge in [0.2, 0.25) is 0 Å². The molecule has 2 N–H and O–H groups in total. The minimum atomic E-state index is -0.298. The van der Waals surface area contributed by atoms with Gasteiger partial charge in [-0.3, -0.25) is 9.78 Å². The molecule has 2 aromatic rings. The highest BCUT2D eigenvalue weighted by atomic mass is 19.1. The van der Waals surface area contributed by atoms with Gasteiger partial charge in [0.25, 0.3) is 5.91 Å². The van der Waals surface area contributed by atoms with Gasteiger partial charge in [-0.05, 0) is 57.0 Å². The van der Waals surface area contributed by atoms with Crippen LogP contribution in [0.15, 0.2) is 42.6 Å². The summed E-state index contributed by atoms with van der Waals surface area (Å²) in [6, 6.07) is 10.6. The number of hydrogen-bond donors (Lipinski definition) is 2. The molecule has 5 heteroatoms. The van der Waals surface area contributed by atoms with Crippen LogP contribution in [0, 0.1) is 5.82 Å². The number of halogens is 1. The third kappa shape index (κ3) is 3.97. The van der Waals surface area contributed by atoms with E-state index in [-0.39, 0.29) is 17.8 Å². The van der Waals surface area contributed by atoms with Gasteiger partial charge in [0, 0.05) is 23.8 Å². The van der Waals surface area contributed by atoms with E-state index in [0.29, 0.717) is 22.9 Å². The van der Waals surface area contributed by atoms with Gasteiger partial charge in [0.15, 0.2) is 0 Å². The van der Waals surface area contributed by atoms with Crippen molar-refractivity contribution in [1.29, 1.82) is 0 Å². The van der Waals surface area contributed by atoms with Crippen LogP contribution >= 0.6 is 0 Å². The van der Waals surface area contributed by atoms with E-state index in [1.807, 2.05) is 7.05 Å². The third-order valence-corrected chi connectivity index (χ3v) is 4.62. The van der Waals surface area contributed by atoms with Crippen LogP contribution in [0.1, 0.15) is 36.0 Å². The summed E-state index contributed by atoms with van der Waals surface area (Å²) in [4.78, 5) is 16.6. The molecule has 0 saturated heterocycles. The maximum absolute atomic E-state index is 13.3. The van der Waals surface area contributed by atoms with Crippen LogP contribution in [0.2, 0.25) is 0 Å². The van der Waals surface area contributed by atoms with Crippen LogP contribution in [-0.4, -0.2) is 30.0 Å². The second kappa shape index (κ2) is 7.53. The van der Waals surface area contributed by atoms with E-state index in [1.54, 1.807) is 30.5 Å². The first kappa shape index (κ1) is 16.6. The van der Waals surface area contributed by atoms with E-state index in [4.69, 9.17) is 0 Å². The average molecular weight is 327 g/mol. The Morgan fingerprint density at radius 1 is 1.12 bits per heavy atom. The number of aromatic nitrogens is 1. The SMILES string of the molecule is CNC1CCC(NC(=O)c2ccc(-c3cccc(F)c3)nc2)CC1. The van der Waals surface area contributed by atoms with Crippen molar-refractivity contribution in [3.63, 3.8) is 0 Å². The van der Waals surface area contributed by atoms with Gasteiger partial charge in [-0.2, -0.15) is 0 Å². The molecule has 0 bridgehead atoms. The molecular formula is C19H22FN3O. The van der Waals surface area contributed by atoms with Gasteiger partial charge in [0.1, 0.15) is 5.82 Å². The molecule has 0 spiro atoms. The summed E-state index contributed by atoms with van der Waals surface area (Å²) in [6.45, 7) is 0. The fourth-order valence-corrected chi connectivity index (χ4v) is 3.14. The smallest absolute Gasteiger partial charge is 0.253 e. The van der Waals surface area contributed by atoms with E-state index >= 15 is 0 Å². The van der Waals surface area contributed by atoms with E-state index in [2.05, 4.69) is 15.6 Å². The summed E-state index contributed by atoms with van der Waals surface area (Å²) in [6.07, 6.45) is 5.70. The summed E-state index contributed by atoms with van der Waals surface area (Å²) in [5.74, 6) is -0.394. The van der Waals surface area contributed by atoms with Crippen LogP contribution in [-0.2, 0) is 0 Å². The molecule has 1 saturated carbocycles. The number of carbonyl (C=O) groups is 1. The van der Waals surface area contributed by atoms with Crippen LogP contribution in [0.3, 0.4) is 0 Å². The fraction of sp³-hybridized carbons (Fsp3) is 0.368. The zero-order valence-electron chi connectivity index (χ0n) is 13.8. The lowest BCUT2D eigenvalue weighted by Gasteiger charge is -2.28. The summed E-state index contributed by atoms with van der Waals surface area (Å²) < 4.78 is 13.3. The van der Waals surface area contributed by atoms with Crippen molar-refractivity contribution >= 4 is 5.91 Å². The quantitative estimate of drug-likeness (QED) is 0.907. The van der Waals surface area contributed by atoms with E-state index in [0.717, 1.165) is 25.7 Å². The van der Waals surface area contributed by atoms with Crippen molar-refractivity contribution in [1.82, 2.24) is 15.6 Å². The normalized spacial score (nSPS) is 20.6. The molecular weight excluding hydrogens is 305 g/mol. The molecule has 1 amide bonds. The highest BCUT2D eigenvalue weighted by Crippen LogP contribution is 2.20. The van der Waals surface area contributed by atoms with Gasteiger partial charge in [-0.15, -0.1) is 0 Å². The molecule has 1 aromatic heterocycles. The van der Waals surface area contributed by atoms with Crippen molar-refractivity contribution in [3.05, 3.63) is 54.0 Å². The molecule has 1 aliphatic carbocycles. The molecule has 24 heavy (non-hydrogen) atoms. The molecule has 1 aromatic carbocycles. The second-order valence-corrected chi connectivity index (χ2v) is 6.25. The number of benzene rings is 1. The Bertz CT molecular complexity index is 694. The molecule has 1 fully saturated rings. The molecule has 1 heterocycles. The second-order valence-electron chi connectivity index (χ2n) is 6.25. The van der Waals surface area contributed by atoms with Gasteiger partial charge in [0.05, 0.1) is 11.3 Å². The monoisotopic (exact) mass is 327 g/mol. The first-order valence-corrected chi connectivity index (χ1v) is 8.36. The number of pyridine rings is 1. The maximum Gasteiger partial charge on any atom is 0.253 e. The minimum absolute atomic E-state index is 0.0961. The van der Waals surface area contributed by atoms with Crippen molar-refractivity contribution in [2.75, 3.05) is 7.05 Å². The van der Waals surface area contributed by atoms with E-state index in [9.17, 15) is 9.18 Å². The standard InChI is InChI=1S/C19H22FN3O/c1-21-16-6-8-17(9-7-16)23-19(24)14-5-10-18(22-12-14)13-3-2-4-15(20)11-13/h2-5,10-12,16-17,21H,6-9H2,1H3,(H,23,24). The Kier molecular flexibility index (Phi) is 5.20. The van der Waals surface area contributed by atoms with Crippen molar-refractivity contribution in [3.8, 4) is 11.3 Å². The molecule has 0 atom stereocenters. The minimum Gasteiger partial charge on any atom is -0.349 e. The Hall–Kier alpha value is -2.27. The van der Waals surface area contributed by atoms with Gasteiger partial charge < -0.3 is 10.6 Å². The largest absolute Gasteiger partial charge is 0.349 e. The Labute approximate surface area is 141 Å². The lowest BCUT2D eigenvalue weighted by Crippen LogP contribution is -2.41.